The molecule has 0 aromatic heterocycles. The predicted molar refractivity (Wildman–Crippen MR) is 62.8 cm³/mol. The van der Waals surface area contributed by atoms with Crippen LogP contribution in [0, 0.1) is 0 Å². The number of rotatable bonds is 6. The van der Waals surface area contributed by atoms with Crippen molar-refractivity contribution in [3.05, 3.63) is 12.2 Å². The Labute approximate surface area is 93.1 Å². The molecular formula is C12H23NO2. The molecule has 0 heterocycles. The number of nitrogens with zero attached hydrogens (tertiary/aromatic N) is 1. The van der Waals surface area contributed by atoms with Gasteiger partial charge in [0.2, 0.25) is 0 Å². The van der Waals surface area contributed by atoms with Crippen LogP contribution in [0.15, 0.2) is 12.2 Å². The van der Waals surface area contributed by atoms with E-state index in [1.165, 1.54) is 0 Å². The van der Waals surface area contributed by atoms with Crippen LogP contribution < -0.4 is 0 Å². The number of hydrogen-bond donors (Lipinski definition) is 0. The van der Waals surface area contributed by atoms with Gasteiger partial charge in [0, 0.05) is 11.1 Å². The molecule has 0 unspecified atom stereocenters. The summed E-state index contributed by atoms with van der Waals surface area (Å²) in [4.78, 5) is 13.5. The Hall–Kier alpha value is -0.830. The third-order valence-electron chi connectivity index (χ3n) is 2.52. The van der Waals surface area contributed by atoms with Crippen LogP contribution in [0.2, 0.25) is 0 Å². The topological polar surface area (TPSA) is 29.5 Å². The molecule has 3 nitrogen and oxygen atoms in total. The van der Waals surface area contributed by atoms with Gasteiger partial charge in [0.25, 0.3) is 0 Å². The Morgan fingerprint density at radius 2 is 1.80 bits per heavy atom. The van der Waals surface area contributed by atoms with Gasteiger partial charge in [-0.2, -0.15) is 0 Å². The normalized spacial score (nSPS) is 11.6. The second-order valence-electron chi connectivity index (χ2n) is 4.34. The van der Waals surface area contributed by atoms with Crippen molar-refractivity contribution in [2.45, 2.75) is 40.2 Å². The summed E-state index contributed by atoms with van der Waals surface area (Å²) < 4.78 is 5.17. The Kier molecular flexibility index (Phi) is 5.58. The van der Waals surface area contributed by atoms with E-state index in [1.807, 2.05) is 0 Å². The Balaban J connectivity index is 4.25. The molecule has 0 saturated carbocycles. The minimum atomic E-state index is -0.310. The van der Waals surface area contributed by atoms with Crippen LogP contribution in [-0.4, -0.2) is 36.1 Å². The lowest BCUT2D eigenvalue weighted by molar-refractivity contribution is -0.142. The van der Waals surface area contributed by atoms with Gasteiger partial charge >= 0.3 is 5.97 Å². The number of likely N-dealkylation sites (N-methyl/N-ethyl adjacent to an activating group) is 1. The number of esters is 1. The Morgan fingerprint density at radius 3 is 2.13 bits per heavy atom. The molecule has 0 aliphatic carbocycles. The van der Waals surface area contributed by atoms with Crippen LogP contribution in [0.25, 0.3) is 0 Å². The molecule has 0 aromatic rings. The summed E-state index contributed by atoms with van der Waals surface area (Å²) in [6, 6.07) is 0. The van der Waals surface area contributed by atoms with Crippen molar-refractivity contribution in [2.24, 2.45) is 0 Å². The molecule has 0 radical (unpaired) electrons. The third-order valence-corrected chi connectivity index (χ3v) is 2.52. The smallest absolute Gasteiger partial charge is 0.333 e. The monoisotopic (exact) mass is 213 g/mol. The molecule has 0 aliphatic heterocycles. The minimum Gasteiger partial charge on any atom is -0.460 e. The van der Waals surface area contributed by atoms with Crippen LogP contribution in [0.3, 0.4) is 0 Å². The molecule has 0 saturated heterocycles. The Morgan fingerprint density at radius 1 is 1.33 bits per heavy atom. The van der Waals surface area contributed by atoms with Crippen LogP contribution in [0.5, 0.6) is 0 Å². The standard InChI is InChI=1S/C12H23NO2/c1-7-13(8-2)12(5,6)9-15-11(14)10(3)4/h3,7-9H2,1-2,4-6H3. The van der Waals surface area contributed by atoms with Gasteiger partial charge in [-0.1, -0.05) is 20.4 Å². The van der Waals surface area contributed by atoms with Gasteiger partial charge in [-0.3, -0.25) is 4.90 Å². The first-order chi connectivity index (χ1) is 6.85. The van der Waals surface area contributed by atoms with Crippen molar-refractivity contribution in [2.75, 3.05) is 19.7 Å². The highest BCUT2D eigenvalue weighted by Gasteiger charge is 2.26. The summed E-state index contributed by atoms with van der Waals surface area (Å²) in [5, 5.41) is 0. The summed E-state index contributed by atoms with van der Waals surface area (Å²) in [6.07, 6.45) is 0. The van der Waals surface area contributed by atoms with Crippen molar-refractivity contribution in [1.29, 1.82) is 0 Å². The maximum Gasteiger partial charge on any atom is 0.333 e. The maximum absolute atomic E-state index is 11.2. The van der Waals surface area contributed by atoms with Crippen molar-refractivity contribution in [3.8, 4) is 0 Å². The summed E-state index contributed by atoms with van der Waals surface area (Å²) in [6.45, 7) is 15.9. The predicted octanol–water partition coefficient (Wildman–Crippen LogP) is 2.23. The van der Waals surface area contributed by atoms with E-state index >= 15 is 0 Å². The largest absolute Gasteiger partial charge is 0.460 e. The molecule has 0 bridgehead atoms. The van der Waals surface area contributed by atoms with Gasteiger partial charge in [0.1, 0.15) is 6.61 Å². The molecule has 0 fully saturated rings. The van der Waals surface area contributed by atoms with Crippen molar-refractivity contribution < 1.29 is 9.53 Å². The lowest BCUT2D eigenvalue weighted by Crippen LogP contribution is -2.47. The van der Waals surface area contributed by atoms with E-state index < -0.39 is 0 Å². The summed E-state index contributed by atoms with van der Waals surface area (Å²) in [7, 11) is 0. The fourth-order valence-electron chi connectivity index (χ4n) is 1.54. The molecule has 0 amide bonds. The van der Waals surface area contributed by atoms with E-state index in [4.69, 9.17) is 4.74 Å². The van der Waals surface area contributed by atoms with Gasteiger partial charge in [0.15, 0.2) is 0 Å². The average molecular weight is 213 g/mol. The molecule has 0 rings (SSSR count). The van der Waals surface area contributed by atoms with E-state index in [2.05, 4.69) is 39.2 Å². The minimum absolute atomic E-state index is 0.116. The van der Waals surface area contributed by atoms with Gasteiger partial charge in [-0.05, 0) is 33.9 Å². The lowest BCUT2D eigenvalue weighted by Gasteiger charge is -2.36. The van der Waals surface area contributed by atoms with Crippen molar-refractivity contribution in [3.63, 3.8) is 0 Å². The first-order valence-electron chi connectivity index (χ1n) is 5.42. The van der Waals surface area contributed by atoms with Crippen molar-refractivity contribution in [1.82, 2.24) is 4.90 Å². The molecule has 3 heteroatoms. The Bertz CT molecular complexity index is 230. The summed E-state index contributed by atoms with van der Waals surface area (Å²) in [5.74, 6) is -0.310. The molecule has 15 heavy (non-hydrogen) atoms. The second-order valence-corrected chi connectivity index (χ2v) is 4.34. The van der Waals surface area contributed by atoms with Crippen LogP contribution in [-0.2, 0) is 9.53 Å². The molecule has 0 N–H and O–H groups in total. The third kappa shape index (κ3) is 4.47. The molecule has 88 valence electrons. The molecular weight excluding hydrogens is 190 g/mol. The molecule has 0 aromatic carbocycles. The first kappa shape index (κ1) is 14.2. The SMILES string of the molecule is C=C(C)C(=O)OCC(C)(C)N(CC)CC. The average Bonchev–Trinajstić information content (AvgIpc) is 2.15. The van der Waals surface area contributed by atoms with Crippen LogP contribution in [0.4, 0.5) is 0 Å². The van der Waals surface area contributed by atoms with E-state index in [-0.39, 0.29) is 11.5 Å². The van der Waals surface area contributed by atoms with Gasteiger partial charge in [0.05, 0.1) is 0 Å². The molecule has 0 aliphatic rings. The zero-order valence-corrected chi connectivity index (χ0v) is 10.6. The number of ether oxygens (including phenoxy) is 1. The maximum atomic E-state index is 11.2. The first-order valence-corrected chi connectivity index (χ1v) is 5.42. The highest BCUT2D eigenvalue weighted by atomic mass is 16.5. The number of hydrogen-bond acceptors (Lipinski definition) is 3. The molecule has 0 atom stereocenters. The summed E-state index contributed by atoms with van der Waals surface area (Å²) in [5.41, 5.74) is 0.333. The van der Waals surface area contributed by atoms with Gasteiger partial charge < -0.3 is 4.74 Å². The molecule has 0 spiro atoms. The lowest BCUT2D eigenvalue weighted by atomic mass is 10.0. The van der Waals surface area contributed by atoms with E-state index in [0.29, 0.717) is 12.2 Å². The van der Waals surface area contributed by atoms with Crippen LogP contribution in [0.1, 0.15) is 34.6 Å². The van der Waals surface area contributed by atoms with E-state index in [0.717, 1.165) is 13.1 Å². The number of carbonyl (C=O) groups is 1. The highest BCUT2D eigenvalue weighted by molar-refractivity contribution is 5.86. The zero-order chi connectivity index (χ0) is 12.1. The quantitative estimate of drug-likeness (QED) is 0.500. The number of carbonyl (C=O) groups excluding carboxylic acids is 1. The van der Waals surface area contributed by atoms with Gasteiger partial charge in [-0.25, -0.2) is 4.79 Å². The van der Waals surface area contributed by atoms with Crippen LogP contribution >= 0.6 is 0 Å². The van der Waals surface area contributed by atoms with Crippen molar-refractivity contribution >= 4 is 5.97 Å². The van der Waals surface area contributed by atoms with E-state index in [9.17, 15) is 4.79 Å². The fraction of sp³-hybridized carbons (Fsp3) is 0.750. The fourth-order valence-corrected chi connectivity index (χ4v) is 1.54. The second kappa shape index (κ2) is 5.91. The van der Waals surface area contributed by atoms with E-state index in [1.54, 1.807) is 6.92 Å². The highest BCUT2D eigenvalue weighted by Crippen LogP contribution is 2.14. The van der Waals surface area contributed by atoms with Gasteiger partial charge in [-0.15, -0.1) is 0 Å². The summed E-state index contributed by atoms with van der Waals surface area (Å²) >= 11 is 0. The zero-order valence-electron chi connectivity index (χ0n) is 10.6.